The molecule has 0 saturated carbocycles. The van der Waals surface area contributed by atoms with E-state index in [4.69, 9.17) is 19.7 Å². The van der Waals surface area contributed by atoms with E-state index >= 15 is 0 Å². The Morgan fingerprint density at radius 1 is 0.780 bits per heavy atom. The van der Waals surface area contributed by atoms with Crippen LogP contribution in [0.2, 0.25) is 0 Å². The van der Waals surface area contributed by atoms with Gasteiger partial charge in [-0.05, 0) is 85.8 Å². The van der Waals surface area contributed by atoms with Gasteiger partial charge in [0.05, 0.1) is 17.7 Å². The largest absolute Gasteiger partial charge is 0.482 e. The van der Waals surface area contributed by atoms with Gasteiger partial charge in [0.1, 0.15) is 29.7 Å². The third-order valence-corrected chi connectivity index (χ3v) is 11.2. The maximum atomic E-state index is 6.62. The van der Waals surface area contributed by atoms with Crippen molar-refractivity contribution in [3.05, 3.63) is 150 Å². The first-order chi connectivity index (χ1) is 24.8. The second kappa shape index (κ2) is 13.7. The van der Waals surface area contributed by atoms with Crippen LogP contribution >= 0.6 is 0 Å². The maximum Gasteiger partial charge on any atom is 0.169 e. The van der Waals surface area contributed by atoms with Gasteiger partial charge in [-0.25, -0.2) is 9.98 Å². The predicted molar refractivity (Wildman–Crippen MR) is 204 cm³/mol. The quantitative estimate of drug-likeness (QED) is 0.337. The Bertz CT molecular complexity index is 1920. The van der Waals surface area contributed by atoms with Crippen molar-refractivity contribution in [3.63, 3.8) is 0 Å². The Morgan fingerprint density at radius 2 is 1.64 bits per heavy atom. The van der Waals surface area contributed by atoms with E-state index in [9.17, 15) is 0 Å². The van der Waals surface area contributed by atoms with Crippen molar-refractivity contribution in [2.45, 2.75) is 81.8 Å². The van der Waals surface area contributed by atoms with Gasteiger partial charge in [-0.3, -0.25) is 4.99 Å². The van der Waals surface area contributed by atoms with Crippen LogP contribution in [-0.4, -0.2) is 41.1 Å². The molecule has 0 fully saturated rings. The highest BCUT2D eigenvalue weighted by Crippen LogP contribution is 2.43. The van der Waals surface area contributed by atoms with Crippen LogP contribution in [0.1, 0.15) is 80.1 Å². The number of nitrogens with one attached hydrogen (secondary N) is 1. The molecule has 0 radical (unpaired) electrons. The summed E-state index contributed by atoms with van der Waals surface area (Å²) in [5.74, 6) is 3.28. The van der Waals surface area contributed by atoms with Crippen LogP contribution < -0.4 is 5.32 Å². The first-order valence-electron chi connectivity index (χ1n) is 18.6. The Hall–Kier alpha value is -4.97. The predicted octanol–water partition coefficient (Wildman–Crippen LogP) is 9.13. The Labute approximate surface area is 295 Å². The highest BCUT2D eigenvalue weighted by atomic mass is 16.5. The zero-order chi connectivity index (χ0) is 33.3. The number of aliphatic imine (C=N–C) groups is 3. The zero-order valence-corrected chi connectivity index (χ0v) is 28.5. The minimum atomic E-state index is -0.311. The Balaban J connectivity index is 1.17. The van der Waals surface area contributed by atoms with Gasteiger partial charge < -0.3 is 15.0 Å². The molecule has 252 valence electrons. The number of rotatable bonds is 6. The van der Waals surface area contributed by atoms with Crippen molar-refractivity contribution in [3.8, 4) is 0 Å². The summed E-state index contributed by atoms with van der Waals surface area (Å²) in [5, 5.41) is 3.87. The number of ether oxygens (including phenoxy) is 1. The van der Waals surface area contributed by atoms with Gasteiger partial charge in [-0.15, -0.1) is 0 Å². The van der Waals surface area contributed by atoms with E-state index in [-0.39, 0.29) is 42.2 Å². The SMILES string of the molecule is C1=CCC(C2=NC(c3ccccc3)N=C(C3CC(c4ccccc4C4=CCCCC4)C=NC3N3C4=C(C=CCC4)OC4C=CC=CC43)N2)C=C1. The standard InChI is InChI=1S/C44H45N5O/c1-4-16-30(17-5-1)34-22-10-11-23-35(34)33-28-36(43-47-41(31-18-6-2-7-19-31)46-42(48-43)32-20-8-3-9-21-32)44(45-29-33)49-37-24-12-14-26-39(37)50-40-27-15-13-25-38(40)49/h2-3,6-12,14-16,18-20,22-24,26-27,29,32-33,36-37,39,41,44H,1,4-5,13,17,21,25,28H2,(H,46,47,48). The van der Waals surface area contributed by atoms with Crippen LogP contribution in [-0.2, 0) is 4.74 Å². The van der Waals surface area contributed by atoms with Gasteiger partial charge in [-0.2, -0.15) is 0 Å². The van der Waals surface area contributed by atoms with Gasteiger partial charge in [0.25, 0.3) is 0 Å². The molecule has 0 aromatic heterocycles. The van der Waals surface area contributed by atoms with E-state index in [1.807, 2.05) is 0 Å². The molecule has 2 aromatic rings. The zero-order valence-electron chi connectivity index (χ0n) is 28.5. The van der Waals surface area contributed by atoms with E-state index in [2.05, 4.69) is 138 Å². The maximum absolute atomic E-state index is 6.62. The molecule has 6 heteroatoms. The molecule has 50 heavy (non-hydrogen) atoms. The van der Waals surface area contributed by atoms with Gasteiger partial charge in [-0.1, -0.05) is 109 Å². The third kappa shape index (κ3) is 5.95. The van der Waals surface area contributed by atoms with E-state index in [0.717, 1.165) is 61.5 Å². The highest BCUT2D eigenvalue weighted by molar-refractivity contribution is 6.05. The second-order valence-electron chi connectivity index (χ2n) is 14.3. The number of hydrogen-bond donors (Lipinski definition) is 1. The Morgan fingerprint density at radius 3 is 2.52 bits per heavy atom. The van der Waals surface area contributed by atoms with Gasteiger partial charge >= 0.3 is 0 Å². The lowest BCUT2D eigenvalue weighted by Crippen LogP contribution is -2.57. The van der Waals surface area contributed by atoms with E-state index in [0.29, 0.717) is 0 Å². The smallest absolute Gasteiger partial charge is 0.169 e. The van der Waals surface area contributed by atoms with Gasteiger partial charge in [0.15, 0.2) is 6.17 Å². The molecule has 7 atom stereocenters. The molecular formula is C44H45N5O. The van der Waals surface area contributed by atoms with Crippen LogP contribution in [0.4, 0.5) is 0 Å². The van der Waals surface area contributed by atoms with Crippen molar-refractivity contribution in [1.82, 2.24) is 10.2 Å². The minimum absolute atomic E-state index is 0.00377. The number of benzene rings is 2. The highest BCUT2D eigenvalue weighted by Gasteiger charge is 2.46. The summed E-state index contributed by atoms with van der Waals surface area (Å²) in [7, 11) is 0. The number of nitrogens with zero attached hydrogens (tertiary/aromatic N) is 4. The lowest BCUT2D eigenvalue weighted by molar-refractivity contribution is 0.0218. The molecule has 0 amide bonds. The average Bonchev–Trinajstić information content (AvgIpc) is 3.20. The van der Waals surface area contributed by atoms with Crippen molar-refractivity contribution in [2.24, 2.45) is 26.8 Å². The van der Waals surface area contributed by atoms with Gasteiger partial charge in [0.2, 0.25) is 0 Å². The van der Waals surface area contributed by atoms with E-state index in [1.165, 1.54) is 35.2 Å². The molecule has 7 unspecified atom stereocenters. The number of fused-ring (bicyclic) bond motifs is 1. The van der Waals surface area contributed by atoms with E-state index < -0.39 is 0 Å². The summed E-state index contributed by atoms with van der Waals surface area (Å²) in [6.45, 7) is 0. The molecule has 0 saturated heterocycles. The fourth-order valence-corrected chi connectivity index (χ4v) is 8.69. The summed E-state index contributed by atoms with van der Waals surface area (Å²) < 4.78 is 6.62. The summed E-state index contributed by atoms with van der Waals surface area (Å²) in [5.41, 5.74) is 6.60. The molecule has 0 spiro atoms. The van der Waals surface area contributed by atoms with Crippen molar-refractivity contribution in [2.75, 3.05) is 0 Å². The van der Waals surface area contributed by atoms with Crippen LogP contribution in [0.3, 0.4) is 0 Å². The van der Waals surface area contributed by atoms with Crippen LogP contribution in [0, 0.1) is 11.8 Å². The molecule has 6 nitrogen and oxygen atoms in total. The van der Waals surface area contributed by atoms with Crippen molar-refractivity contribution < 1.29 is 4.74 Å². The summed E-state index contributed by atoms with van der Waals surface area (Å²) >= 11 is 0. The normalized spacial score (nSPS) is 31.2. The molecule has 9 rings (SSSR count). The molecule has 4 aliphatic carbocycles. The van der Waals surface area contributed by atoms with Crippen LogP contribution in [0.5, 0.6) is 0 Å². The summed E-state index contributed by atoms with van der Waals surface area (Å²) in [6.07, 6.45) is 34.7. The Kier molecular flexibility index (Phi) is 8.53. The lowest BCUT2D eigenvalue weighted by atomic mass is 9.79. The topological polar surface area (TPSA) is 61.6 Å². The van der Waals surface area contributed by atoms with Crippen LogP contribution in [0.15, 0.2) is 148 Å². The fraction of sp³-hybridized carbons (Fsp3) is 0.341. The number of allylic oxidation sites excluding steroid dienone is 10. The molecular weight excluding hydrogens is 615 g/mol. The summed E-state index contributed by atoms with van der Waals surface area (Å²) in [6, 6.07) is 19.7. The second-order valence-corrected chi connectivity index (χ2v) is 14.3. The first-order valence-corrected chi connectivity index (χ1v) is 18.6. The summed E-state index contributed by atoms with van der Waals surface area (Å²) in [4.78, 5) is 18.9. The van der Waals surface area contributed by atoms with Crippen LogP contribution in [0.25, 0.3) is 5.57 Å². The molecule has 0 bridgehead atoms. The molecule has 7 aliphatic rings. The number of hydrogen-bond acceptors (Lipinski definition) is 6. The number of amidine groups is 2. The molecule has 3 heterocycles. The third-order valence-electron chi connectivity index (χ3n) is 11.2. The lowest BCUT2D eigenvalue weighted by Gasteiger charge is -2.50. The molecule has 3 aliphatic heterocycles. The first kappa shape index (κ1) is 31.0. The van der Waals surface area contributed by atoms with Crippen molar-refractivity contribution in [1.29, 1.82) is 0 Å². The monoisotopic (exact) mass is 659 g/mol. The minimum Gasteiger partial charge on any atom is -0.482 e. The molecule has 1 N–H and O–H groups in total. The fourth-order valence-electron chi connectivity index (χ4n) is 8.69. The van der Waals surface area contributed by atoms with E-state index in [1.54, 1.807) is 0 Å². The van der Waals surface area contributed by atoms with Crippen molar-refractivity contribution >= 4 is 23.5 Å². The average molecular weight is 660 g/mol. The molecule has 2 aromatic carbocycles. The van der Waals surface area contributed by atoms with Gasteiger partial charge in [0, 0.05) is 18.1 Å².